The van der Waals surface area contributed by atoms with E-state index in [-0.39, 0.29) is 11.1 Å². The first kappa shape index (κ1) is 12.2. The number of hydrogen-bond acceptors (Lipinski definition) is 4. The molecule has 1 aromatic carbocycles. The van der Waals surface area contributed by atoms with Crippen LogP contribution in [0.1, 0.15) is 22.8 Å². The second-order valence-electron chi connectivity index (χ2n) is 3.49. The standard InChI is InChI=1S/C11H12N2O3/c1-6-2-3-7(5-12)8(4-6)9(14)10(15)11(13)16/h2-4,9-10,14-15H,1H3,(H2,13,16). The fourth-order valence-corrected chi connectivity index (χ4v) is 1.35. The van der Waals surface area contributed by atoms with Crippen molar-refractivity contribution >= 4 is 5.91 Å². The molecule has 0 bridgehead atoms. The highest BCUT2D eigenvalue weighted by Gasteiger charge is 2.25. The summed E-state index contributed by atoms with van der Waals surface area (Å²) < 4.78 is 0. The number of aliphatic hydroxyl groups excluding tert-OH is 2. The number of carbonyl (C=O) groups is 1. The number of carbonyl (C=O) groups excluding carboxylic acids is 1. The van der Waals surface area contributed by atoms with Gasteiger partial charge in [-0.1, -0.05) is 17.7 Å². The maximum atomic E-state index is 10.7. The molecule has 5 nitrogen and oxygen atoms in total. The van der Waals surface area contributed by atoms with Gasteiger partial charge in [0.05, 0.1) is 11.6 Å². The second-order valence-corrected chi connectivity index (χ2v) is 3.49. The molecule has 0 fully saturated rings. The van der Waals surface area contributed by atoms with Gasteiger partial charge in [0.1, 0.15) is 6.10 Å². The first-order valence-electron chi connectivity index (χ1n) is 4.63. The largest absolute Gasteiger partial charge is 0.385 e. The van der Waals surface area contributed by atoms with E-state index in [2.05, 4.69) is 0 Å². The Morgan fingerprint density at radius 3 is 2.62 bits per heavy atom. The van der Waals surface area contributed by atoms with Crippen molar-refractivity contribution < 1.29 is 15.0 Å². The number of nitriles is 1. The topological polar surface area (TPSA) is 107 Å². The number of nitrogens with zero attached hydrogens (tertiary/aromatic N) is 1. The molecule has 1 rings (SSSR count). The Bertz CT molecular complexity index is 451. The Balaban J connectivity index is 3.17. The summed E-state index contributed by atoms with van der Waals surface area (Å²) >= 11 is 0. The van der Waals surface area contributed by atoms with Gasteiger partial charge in [-0.2, -0.15) is 5.26 Å². The number of aliphatic hydroxyl groups is 2. The Hall–Kier alpha value is -1.90. The number of benzene rings is 1. The van der Waals surface area contributed by atoms with Gasteiger partial charge in [-0.15, -0.1) is 0 Å². The third-order valence-corrected chi connectivity index (χ3v) is 2.24. The number of primary amides is 1. The van der Waals surface area contributed by atoms with E-state index < -0.39 is 18.1 Å². The maximum absolute atomic E-state index is 10.7. The summed E-state index contributed by atoms with van der Waals surface area (Å²) in [7, 11) is 0. The van der Waals surface area contributed by atoms with Crippen molar-refractivity contribution in [2.75, 3.05) is 0 Å². The Kier molecular flexibility index (Phi) is 3.61. The van der Waals surface area contributed by atoms with Crippen molar-refractivity contribution in [2.45, 2.75) is 19.1 Å². The molecule has 0 aliphatic carbocycles. The highest BCUT2D eigenvalue weighted by atomic mass is 16.3. The summed E-state index contributed by atoms with van der Waals surface area (Å²) in [5.74, 6) is -1.03. The molecule has 1 aromatic rings. The summed E-state index contributed by atoms with van der Waals surface area (Å²) in [6.07, 6.45) is -3.19. The van der Waals surface area contributed by atoms with E-state index in [4.69, 9.17) is 11.0 Å². The second kappa shape index (κ2) is 4.75. The number of hydrogen-bond donors (Lipinski definition) is 3. The van der Waals surface area contributed by atoms with Crippen LogP contribution in [-0.4, -0.2) is 22.2 Å². The minimum absolute atomic E-state index is 0.203. The predicted octanol–water partition coefficient (Wildman–Crippen LogP) is -0.254. The van der Waals surface area contributed by atoms with E-state index >= 15 is 0 Å². The lowest BCUT2D eigenvalue weighted by Gasteiger charge is -2.16. The van der Waals surface area contributed by atoms with Gasteiger partial charge in [0.2, 0.25) is 5.91 Å². The monoisotopic (exact) mass is 220 g/mol. The first-order valence-corrected chi connectivity index (χ1v) is 4.63. The molecule has 0 aliphatic heterocycles. The van der Waals surface area contributed by atoms with Crippen molar-refractivity contribution in [2.24, 2.45) is 5.73 Å². The molecule has 5 heteroatoms. The van der Waals surface area contributed by atoms with Crippen molar-refractivity contribution in [1.29, 1.82) is 5.26 Å². The van der Waals surface area contributed by atoms with Gasteiger partial charge in [-0.3, -0.25) is 4.79 Å². The van der Waals surface area contributed by atoms with Crippen LogP contribution < -0.4 is 5.73 Å². The van der Waals surface area contributed by atoms with Crippen LogP contribution in [0, 0.1) is 18.3 Å². The molecule has 16 heavy (non-hydrogen) atoms. The van der Waals surface area contributed by atoms with E-state index in [1.54, 1.807) is 13.0 Å². The van der Waals surface area contributed by atoms with Crippen LogP contribution in [0.2, 0.25) is 0 Å². The summed E-state index contributed by atoms with van der Waals surface area (Å²) in [5, 5.41) is 27.8. The average molecular weight is 220 g/mol. The highest BCUT2D eigenvalue weighted by Crippen LogP contribution is 2.22. The maximum Gasteiger partial charge on any atom is 0.249 e. The van der Waals surface area contributed by atoms with Gasteiger partial charge in [-0.25, -0.2) is 0 Å². The van der Waals surface area contributed by atoms with E-state index in [9.17, 15) is 15.0 Å². The van der Waals surface area contributed by atoms with Crippen LogP contribution in [0.5, 0.6) is 0 Å². The number of aryl methyl sites for hydroxylation is 1. The van der Waals surface area contributed by atoms with Crippen LogP contribution in [0.15, 0.2) is 18.2 Å². The lowest BCUT2D eigenvalue weighted by Crippen LogP contribution is -2.34. The first-order chi connectivity index (χ1) is 7.47. The zero-order valence-corrected chi connectivity index (χ0v) is 8.71. The van der Waals surface area contributed by atoms with Crippen molar-refractivity contribution in [3.05, 3.63) is 34.9 Å². The van der Waals surface area contributed by atoms with Crippen LogP contribution in [-0.2, 0) is 4.79 Å². The predicted molar refractivity (Wildman–Crippen MR) is 56.1 cm³/mol. The van der Waals surface area contributed by atoms with Gasteiger partial charge in [-0.05, 0) is 13.0 Å². The van der Waals surface area contributed by atoms with Gasteiger partial charge in [0.15, 0.2) is 6.10 Å². The van der Waals surface area contributed by atoms with Crippen LogP contribution in [0.4, 0.5) is 0 Å². The minimum Gasteiger partial charge on any atom is -0.385 e. The fraction of sp³-hybridized carbons (Fsp3) is 0.273. The van der Waals surface area contributed by atoms with Gasteiger partial charge in [0, 0.05) is 5.56 Å². The van der Waals surface area contributed by atoms with E-state index in [0.29, 0.717) is 0 Å². The molecule has 0 spiro atoms. The van der Waals surface area contributed by atoms with E-state index in [0.717, 1.165) is 5.56 Å². The van der Waals surface area contributed by atoms with Crippen molar-refractivity contribution in [3.8, 4) is 6.07 Å². The van der Waals surface area contributed by atoms with Crippen LogP contribution in [0.3, 0.4) is 0 Å². The summed E-state index contributed by atoms with van der Waals surface area (Å²) in [5.41, 5.74) is 6.09. The SMILES string of the molecule is Cc1ccc(C#N)c(C(O)C(O)C(N)=O)c1. The molecular formula is C11H12N2O3. The lowest BCUT2D eigenvalue weighted by atomic mass is 9.97. The van der Waals surface area contributed by atoms with Gasteiger partial charge in [0.25, 0.3) is 0 Å². The molecular weight excluding hydrogens is 208 g/mol. The molecule has 2 atom stereocenters. The lowest BCUT2D eigenvalue weighted by molar-refractivity contribution is -0.131. The number of rotatable bonds is 3. The number of nitrogens with two attached hydrogens (primary N) is 1. The Morgan fingerprint density at radius 1 is 1.50 bits per heavy atom. The third-order valence-electron chi connectivity index (χ3n) is 2.24. The van der Waals surface area contributed by atoms with E-state index in [1.165, 1.54) is 12.1 Å². The van der Waals surface area contributed by atoms with Gasteiger partial charge < -0.3 is 15.9 Å². The molecule has 84 valence electrons. The Morgan fingerprint density at radius 2 is 2.12 bits per heavy atom. The summed E-state index contributed by atoms with van der Waals surface area (Å²) in [4.78, 5) is 10.7. The smallest absolute Gasteiger partial charge is 0.249 e. The molecule has 2 unspecified atom stereocenters. The summed E-state index contributed by atoms with van der Waals surface area (Å²) in [6.45, 7) is 1.77. The average Bonchev–Trinajstić information content (AvgIpc) is 2.26. The zero-order chi connectivity index (χ0) is 12.3. The molecule has 4 N–H and O–H groups in total. The molecule has 1 amide bonds. The van der Waals surface area contributed by atoms with Gasteiger partial charge >= 0.3 is 0 Å². The fourth-order valence-electron chi connectivity index (χ4n) is 1.35. The highest BCUT2D eigenvalue weighted by molar-refractivity contribution is 5.79. The van der Waals surface area contributed by atoms with Crippen molar-refractivity contribution in [1.82, 2.24) is 0 Å². The normalized spacial score (nSPS) is 13.9. The third kappa shape index (κ3) is 2.37. The van der Waals surface area contributed by atoms with E-state index in [1.807, 2.05) is 6.07 Å². The molecule has 0 saturated heterocycles. The molecule has 0 heterocycles. The van der Waals surface area contributed by atoms with Crippen LogP contribution in [0.25, 0.3) is 0 Å². The summed E-state index contributed by atoms with van der Waals surface area (Å²) in [6, 6.07) is 6.63. The van der Waals surface area contributed by atoms with Crippen LogP contribution >= 0.6 is 0 Å². The zero-order valence-electron chi connectivity index (χ0n) is 8.71. The quantitative estimate of drug-likeness (QED) is 0.652. The minimum atomic E-state index is -1.71. The number of amides is 1. The molecule has 0 saturated carbocycles. The molecule has 0 aromatic heterocycles. The molecule has 0 aliphatic rings. The Labute approximate surface area is 92.7 Å². The molecule has 0 radical (unpaired) electrons. The van der Waals surface area contributed by atoms with Crippen molar-refractivity contribution in [3.63, 3.8) is 0 Å².